The molecule has 1 N–H and O–H groups in total. The molecule has 2 aliphatic rings. The van der Waals surface area contributed by atoms with Gasteiger partial charge in [-0.05, 0) is 17.9 Å². The lowest BCUT2D eigenvalue weighted by atomic mass is 10.1. The van der Waals surface area contributed by atoms with Gasteiger partial charge in [0.2, 0.25) is 5.91 Å². The maximum Gasteiger partial charge on any atom is 0.224 e. The summed E-state index contributed by atoms with van der Waals surface area (Å²) in [6, 6.07) is 4.50. The summed E-state index contributed by atoms with van der Waals surface area (Å²) in [4.78, 5) is 18.3. The van der Waals surface area contributed by atoms with Gasteiger partial charge in [0.15, 0.2) is 0 Å². The first-order valence-electron chi connectivity index (χ1n) is 8.15. The predicted molar refractivity (Wildman–Crippen MR) is 103 cm³/mol. The van der Waals surface area contributed by atoms with Gasteiger partial charge in [-0.2, -0.15) is 0 Å². The van der Waals surface area contributed by atoms with Crippen LogP contribution in [0.25, 0.3) is 0 Å². The van der Waals surface area contributed by atoms with Crippen LogP contribution in [0.3, 0.4) is 0 Å². The van der Waals surface area contributed by atoms with Crippen LogP contribution < -0.4 is 5.32 Å². The van der Waals surface area contributed by atoms with Crippen molar-refractivity contribution in [1.29, 1.82) is 0 Å². The average Bonchev–Trinajstić information content (AvgIpc) is 3.08. The molecule has 1 atom stereocenters. The van der Waals surface area contributed by atoms with E-state index in [9.17, 15) is 4.79 Å². The quantitative estimate of drug-likeness (QED) is 0.822. The van der Waals surface area contributed by atoms with Crippen LogP contribution in [0.2, 0.25) is 0 Å². The van der Waals surface area contributed by atoms with Crippen molar-refractivity contribution in [2.75, 3.05) is 52.5 Å². The number of rotatable bonds is 5. The van der Waals surface area contributed by atoms with Crippen molar-refractivity contribution in [1.82, 2.24) is 15.1 Å². The third-order valence-corrected chi connectivity index (χ3v) is 5.34. The fourth-order valence-electron chi connectivity index (χ4n) is 3.03. The van der Waals surface area contributed by atoms with E-state index in [-0.39, 0.29) is 36.8 Å². The van der Waals surface area contributed by atoms with Gasteiger partial charge in [0.25, 0.3) is 0 Å². The minimum atomic E-state index is 0. The number of nitrogens with zero attached hydrogens (tertiary/aromatic N) is 2. The Balaban J connectivity index is 0.00000144. The highest BCUT2D eigenvalue weighted by atomic mass is 35.5. The lowest BCUT2D eigenvalue weighted by molar-refractivity contribution is -0.134. The van der Waals surface area contributed by atoms with Gasteiger partial charge in [-0.15, -0.1) is 36.2 Å². The van der Waals surface area contributed by atoms with Crippen LogP contribution in [0.5, 0.6) is 0 Å². The third kappa shape index (κ3) is 6.50. The average molecular weight is 396 g/mol. The Kier molecular flexibility index (Phi) is 10.2. The van der Waals surface area contributed by atoms with Gasteiger partial charge >= 0.3 is 0 Å². The number of morpholine rings is 1. The number of carbonyl (C=O) groups excluding carboxylic acids is 1. The Morgan fingerprint density at radius 3 is 2.71 bits per heavy atom. The molecule has 0 saturated carbocycles. The van der Waals surface area contributed by atoms with Crippen molar-refractivity contribution in [3.63, 3.8) is 0 Å². The molecule has 24 heavy (non-hydrogen) atoms. The molecule has 1 amide bonds. The van der Waals surface area contributed by atoms with Crippen LogP contribution in [0, 0.1) is 0 Å². The second-order valence-corrected chi connectivity index (χ2v) is 7.01. The van der Waals surface area contributed by atoms with Gasteiger partial charge in [0.1, 0.15) is 0 Å². The number of hydrogen-bond donors (Lipinski definition) is 1. The SMILES string of the molecule is Cl.Cl.O=C(CC1COCCN1)N1CCN(CCc2cccs2)CC1. The lowest BCUT2D eigenvalue weighted by Gasteiger charge is -2.35. The molecule has 0 spiro atoms. The van der Waals surface area contributed by atoms with Gasteiger partial charge in [-0.3, -0.25) is 9.69 Å². The third-order valence-electron chi connectivity index (χ3n) is 4.40. The highest BCUT2D eigenvalue weighted by Crippen LogP contribution is 2.12. The molecule has 5 nitrogen and oxygen atoms in total. The largest absolute Gasteiger partial charge is 0.378 e. The van der Waals surface area contributed by atoms with Gasteiger partial charge in [0, 0.05) is 56.6 Å². The number of thiophene rings is 1. The first-order valence-corrected chi connectivity index (χ1v) is 9.03. The number of ether oxygens (including phenoxy) is 1. The number of nitrogens with one attached hydrogen (secondary N) is 1. The van der Waals surface area contributed by atoms with Crippen molar-refractivity contribution in [3.05, 3.63) is 22.4 Å². The molecule has 3 heterocycles. The highest BCUT2D eigenvalue weighted by molar-refractivity contribution is 7.09. The minimum Gasteiger partial charge on any atom is -0.378 e. The van der Waals surface area contributed by atoms with Crippen molar-refractivity contribution in [2.45, 2.75) is 18.9 Å². The Hall–Kier alpha value is -0.370. The second kappa shape index (κ2) is 11.3. The molecule has 0 aromatic carbocycles. The molecular formula is C16H27Cl2N3O2S. The van der Waals surface area contributed by atoms with Crippen molar-refractivity contribution in [2.24, 2.45) is 0 Å². The molecule has 2 fully saturated rings. The maximum atomic E-state index is 12.3. The van der Waals surface area contributed by atoms with E-state index in [2.05, 4.69) is 27.7 Å². The monoisotopic (exact) mass is 395 g/mol. The minimum absolute atomic E-state index is 0. The molecule has 8 heteroatoms. The molecule has 2 aliphatic heterocycles. The fraction of sp³-hybridized carbons (Fsp3) is 0.688. The molecule has 1 aromatic heterocycles. The van der Waals surface area contributed by atoms with Gasteiger partial charge < -0.3 is 15.0 Å². The molecule has 2 saturated heterocycles. The zero-order valence-electron chi connectivity index (χ0n) is 13.8. The lowest BCUT2D eigenvalue weighted by Crippen LogP contribution is -2.51. The standard InChI is InChI=1S/C16H25N3O2S.2ClH/c20-16(12-14-13-21-10-4-17-14)19-8-6-18(7-9-19)5-3-15-2-1-11-22-15;;/h1-2,11,14,17H,3-10,12-13H2;2*1H. The van der Waals surface area contributed by atoms with E-state index in [1.54, 1.807) is 0 Å². The Morgan fingerprint density at radius 2 is 2.08 bits per heavy atom. The van der Waals surface area contributed by atoms with E-state index in [0.29, 0.717) is 13.0 Å². The van der Waals surface area contributed by atoms with E-state index in [1.807, 2.05) is 16.2 Å². The molecular weight excluding hydrogens is 369 g/mol. The van der Waals surface area contributed by atoms with Gasteiger partial charge in [-0.25, -0.2) is 0 Å². The number of amides is 1. The summed E-state index contributed by atoms with van der Waals surface area (Å²) < 4.78 is 5.41. The summed E-state index contributed by atoms with van der Waals surface area (Å²) >= 11 is 1.83. The zero-order chi connectivity index (χ0) is 15.2. The Morgan fingerprint density at radius 1 is 1.29 bits per heavy atom. The Bertz CT molecular complexity index is 462. The van der Waals surface area contributed by atoms with Crippen LogP contribution in [0.1, 0.15) is 11.3 Å². The van der Waals surface area contributed by atoms with E-state index >= 15 is 0 Å². The zero-order valence-corrected chi connectivity index (χ0v) is 16.3. The first kappa shape index (κ1) is 21.7. The predicted octanol–water partition coefficient (Wildman–Crippen LogP) is 1.66. The number of hydrogen-bond acceptors (Lipinski definition) is 5. The summed E-state index contributed by atoms with van der Waals surface area (Å²) in [5.41, 5.74) is 0. The maximum absolute atomic E-state index is 12.3. The van der Waals surface area contributed by atoms with Crippen LogP contribution in [0.4, 0.5) is 0 Å². The van der Waals surface area contributed by atoms with E-state index in [0.717, 1.165) is 52.3 Å². The van der Waals surface area contributed by atoms with E-state index in [4.69, 9.17) is 4.74 Å². The van der Waals surface area contributed by atoms with Crippen LogP contribution >= 0.6 is 36.2 Å². The highest BCUT2D eigenvalue weighted by Gasteiger charge is 2.24. The molecule has 3 rings (SSSR count). The van der Waals surface area contributed by atoms with Crippen LogP contribution in [-0.4, -0.2) is 74.2 Å². The molecule has 0 radical (unpaired) electrons. The molecule has 1 aromatic rings. The smallest absolute Gasteiger partial charge is 0.224 e. The van der Waals surface area contributed by atoms with Gasteiger partial charge in [-0.1, -0.05) is 6.07 Å². The number of halogens is 2. The van der Waals surface area contributed by atoms with Crippen LogP contribution in [0.15, 0.2) is 17.5 Å². The summed E-state index contributed by atoms with van der Waals surface area (Å²) in [7, 11) is 0. The fourth-order valence-corrected chi connectivity index (χ4v) is 3.73. The summed E-state index contributed by atoms with van der Waals surface area (Å²) in [6.45, 7) is 7.07. The Labute approximate surface area is 160 Å². The summed E-state index contributed by atoms with van der Waals surface area (Å²) in [5, 5.41) is 5.49. The van der Waals surface area contributed by atoms with Crippen molar-refractivity contribution >= 4 is 42.1 Å². The molecule has 0 bridgehead atoms. The van der Waals surface area contributed by atoms with E-state index < -0.39 is 0 Å². The first-order chi connectivity index (χ1) is 10.8. The van der Waals surface area contributed by atoms with Crippen molar-refractivity contribution < 1.29 is 9.53 Å². The van der Waals surface area contributed by atoms with Gasteiger partial charge in [0.05, 0.1) is 13.2 Å². The molecule has 138 valence electrons. The molecule has 0 aliphatic carbocycles. The van der Waals surface area contributed by atoms with Crippen LogP contribution in [-0.2, 0) is 16.0 Å². The summed E-state index contributed by atoms with van der Waals surface area (Å²) in [5.74, 6) is 0.265. The summed E-state index contributed by atoms with van der Waals surface area (Å²) in [6.07, 6.45) is 1.68. The molecule has 1 unspecified atom stereocenters. The van der Waals surface area contributed by atoms with Crippen molar-refractivity contribution in [3.8, 4) is 0 Å². The topological polar surface area (TPSA) is 44.8 Å². The number of carbonyl (C=O) groups is 1. The number of piperazine rings is 1. The second-order valence-electron chi connectivity index (χ2n) is 5.98. The normalized spacial score (nSPS) is 21.7. The van der Waals surface area contributed by atoms with E-state index in [1.165, 1.54) is 4.88 Å².